The van der Waals surface area contributed by atoms with E-state index in [1.165, 1.54) is 12.5 Å². The number of H-pyrrole nitrogens is 1. The quantitative estimate of drug-likeness (QED) is 0.878. The molecule has 0 bridgehead atoms. The zero-order valence-electron chi connectivity index (χ0n) is 12.2. The number of imidazole rings is 1. The number of carbonyl (C=O) groups is 1. The van der Waals surface area contributed by atoms with Crippen LogP contribution >= 0.6 is 0 Å². The second kappa shape index (κ2) is 7.20. The van der Waals surface area contributed by atoms with Crippen LogP contribution in [0.3, 0.4) is 0 Å². The third-order valence-electron chi connectivity index (χ3n) is 3.66. The molecule has 22 heavy (non-hydrogen) atoms. The van der Waals surface area contributed by atoms with E-state index in [4.69, 9.17) is 9.47 Å². The largest absolute Gasteiger partial charge is 0.379 e. The highest BCUT2D eigenvalue weighted by atomic mass is 16.5. The van der Waals surface area contributed by atoms with Crippen molar-refractivity contribution in [2.24, 2.45) is 0 Å². The summed E-state index contributed by atoms with van der Waals surface area (Å²) >= 11 is 0. The Bertz CT molecular complexity index is 586. The van der Waals surface area contributed by atoms with Gasteiger partial charge in [-0.3, -0.25) is 4.79 Å². The molecule has 1 aliphatic heterocycles. The van der Waals surface area contributed by atoms with Crippen molar-refractivity contribution >= 4 is 5.91 Å². The first-order valence-corrected chi connectivity index (χ1v) is 7.35. The van der Waals surface area contributed by atoms with E-state index in [0.717, 1.165) is 12.0 Å². The number of aromatic nitrogens is 2. The molecule has 0 spiro atoms. The number of amides is 1. The molecule has 1 aliphatic rings. The summed E-state index contributed by atoms with van der Waals surface area (Å²) in [6.45, 7) is 1.64. The molecule has 0 aliphatic carbocycles. The number of benzene rings is 1. The smallest absolute Gasteiger partial charge is 0.269 e. The summed E-state index contributed by atoms with van der Waals surface area (Å²) in [4.78, 5) is 18.7. The molecule has 2 N–H and O–H groups in total. The number of hydrogen-bond donors (Lipinski definition) is 2. The van der Waals surface area contributed by atoms with Gasteiger partial charge in [0.25, 0.3) is 5.91 Å². The van der Waals surface area contributed by atoms with Gasteiger partial charge in [-0.15, -0.1) is 0 Å². The van der Waals surface area contributed by atoms with Crippen LogP contribution in [0.1, 0.15) is 22.5 Å². The summed E-state index contributed by atoms with van der Waals surface area (Å²) in [5, 5.41) is 2.95. The number of aromatic amines is 1. The standard InChI is InChI=1S/C16H19N3O3/c20-16(13-8-17-11-18-13)19-14-10-21-7-6-15(14)22-9-12-4-2-1-3-5-12/h1-5,8,11,14-15H,6-7,9-10H2,(H,17,18)(H,19,20)/t14-,15+/m1/s1. The van der Waals surface area contributed by atoms with E-state index >= 15 is 0 Å². The van der Waals surface area contributed by atoms with E-state index in [0.29, 0.717) is 25.5 Å². The van der Waals surface area contributed by atoms with E-state index in [-0.39, 0.29) is 18.1 Å². The molecule has 2 atom stereocenters. The van der Waals surface area contributed by atoms with Crippen LogP contribution in [0.4, 0.5) is 0 Å². The lowest BCUT2D eigenvalue weighted by Crippen LogP contribution is -2.50. The van der Waals surface area contributed by atoms with Crippen LogP contribution in [-0.2, 0) is 16.1 Å². The minimum absolute atomic E-state index is 0.0548. The Balaban J connectivity index is 1.57. The van der Waals surface area contributed by atoms with Crippen molar-refractivity contribution in [2.75, 3.05) is 13.2 Å². The van der Waals surface area contributed by atoms with Gasteiger partial charge in [-0.2, -0.15) is 0 Å². The minimum atomic E-state index is -0.193. The van der Waals surface area contributed by atoms with Gasteiger partial charge in [0.05, 0.1) is 37.9 Å². The highest BCUT2D eigenvalue weighted by Crippen LogP contribution is 2.15. The summed E-state index contributed by atoms with van der Waals surface area (Å²) in [5.41, 5.74) is 1.56. The molecule has 0 radical (unpaired) electrons. The molecule has 1 aromatic heterocycles. The number of hydrogen-bond acceptors (Lipinski definition) is 4. The SMILES string of the molecule is O=C(N[C@@H]1COCC[C@@H]1OCc1ccccc1)c1cnc[nH]1. The summed E-state index contributed by atoms with van der Waals surface area (Å²) in [5.74, 6) is -0.193. The molecule has 1 saturated heterocycles. The fourth-order valence-corrected chi connectivity index (χ4v) is 2.46. The third-order valence-corrected chi connectivity index (χ3v) is 3.66. The van der Waals surface area contributed by atoms with Crippen molar-refractivity contribution in [2.45, 2.75) is 25.2 Å². The number of nitrogens with zero attached hydrogens (tertiary/aromatic N) is 1. The first kappa shape index (κ1) is 14.7. The van der Waals surface area contributed by atoms with Crippen molar-refractivity contribution < 1.29 is 14.3 Å². The van der Waals surface area contributed by atoms with Crippen LogP contribution in [0.5, 0.6) is 0 Å². The monoisotopic (exact) mass is 301 g/mol. The molecule has 116 valence electrons. The van der Waals surface area contributed by atoms with E-state index in [1.807, 2.05) is 30.3 Å². The number of carbonyl (C=O) groups excluding carboxylic acids is 1. The second-order valence-electron chi connectivity index (χ2n) is 5.24. The van der Waals surface area contributed by atoms with E-state index < -0.39 is 0 Å². The van der Waals surface area contributed by atoms with Gasteiger partial charge in [0, 0.05) is 6.61 Å². The van der Waals surface area contributed by atoms with Crippen LogP contribution in [0.2, 0.25) is 0 Å². The predicted octanol–water partition coefficient (Wildman–Crippen LogP) is 1.51. The number of ether oxygens (including phenoxy) is 2. The third kappa shape index (κ3) is 3.72. The lowest BCUT2D eigenvalue weighted by molar-refractivity contribution is -0.0605. The van der Waals surface area contributed by atoms with Gasteiger partial charge in [-0.25, -0.2) is 4.98 Å². The van der Waals surface area contributed by atoms with Crippen LogP contribution in [0, 0.1) is 0 Å². The highest BCUT2D eigenvalue weighted by Gasteiger charge is 2.28. The van der Waals surface area contributed by atoms with Crippen molar-refractivity contribution in [1.29, 1.82) is 0 Å². The fourth-order valence-electron chi connectivity index (χ4n) is 2.46. The summed E-state index contributed by atoms with van der Waals surface area (Å²) < 4.78 is 11.4. The zero-order chi connectivity index (χ0) is 15.2. The Morgan fingerprint density at radius 2 is 2.27 bits per heavy atom. The topological polar surface area (TPSA) is 76.2 Å². The molecule has 1 fully saturated rings. The fraction of sp³-hybridized carbons (Fsp3) is 0.375. The van der Waals surface area contributed by atoms with Gasteiger partial charge >= 0.3 is 0 Å². The Morgan fingerprint density at radius 1 is 1.41 bits per heavy atom. The van der Waals surface area contributed by atoms with Gasteiger partial charge in [-0.05, 0) is 12.0 Å². The van der Waals surface area contributed by atoms with E-state index in [9.17, 15) is 4.79 Å². The van der Waals surface area contributed by atoms with Gasteiger partial charge in [-0.1, -0.05) is 30.3 Å². The van der Waals surface area contributed by atoms with Crippen molar-refractivity contribution in [3.63, 3.8) is 0 Å². The molecule has 1 amide bonds. The maximum Gasteiger partial charge on any atom is 0.269 e. The van der Waals surface area contributed by atoms with Gasteiger partial charge in [0.15, 0.2) is 0 Å². The lowest BCUT2D eigenvalue weighted by Gasteiger charge is -2.32. The summed E-state index contributed by atoms with van der Waals surface area (Å²) in [7, 11) is 0. The number of nitrogens with one attached hydrogen (secondary N) is 2. The lowest BCUT2D eigenvalue weighted by atomic mass is 10.1. The van der Waals surface area contributed by atoms with Crippen molar-refractivity contribution in [1.82, 2.24) is 15.3 Å². The molecule has 6 nitrogen and oxygen atoms in total. The molecule has 6 heteroatoms. The Kier molecular flexibility index (Phi) is 4.82. The average Bonchev–Trinajstić information content (AvgIpc) is 3.10. The van der Waals surface area contributed by atoms with Gasteiger partial charge < -0.3 is 19.8 Å². The first-order valence-electron chi connectivity index (χ1n) is 7.35. The molecular formula is C16H19N3O3. The second-order valence-corrected chi connectivity index (χ2v) is 5.24. The van der Waals surface area contributed by atoms with Crippen LogP contribution in [0.15, 0.2) is 42.9 Å². The van der Waals surface area contributed by atoms with Crippen molar-refractivity contribution in [3.8, 4) is 0 Å². The predicted molar refractivity (Wildman–Crippen MR) is 80.3 cm³/mol. The van der Waals surface area contributed by atoms with E-state index in [2.05, 4.69) is 15.3 Å². The Morgan fingerprint density at radius 3 is 3.05 bits per heavy atom. The van der Waals surface area contributed by atoms with Gasteiger partial charge in [0.1, 0.15) is 5.69 Å². The van der Waals surface area contributed by atoms with Crippen LogP contribution in [-0.4, -0.2) is 41.2 Å². The maximum absolute atomic E-state index is 12.1. The molecule has 0 unspecified atom stereocenters. The summed E-state index contributed by atoms with van der Waals surface area (Å²) in [6.07, 6.45) is 3.69. The molecule has 2 heterocycles. The van der Waals surface area contributed by atoms with Crippen LogP contribution in [0.25, 0.3) is 0 Å². The molecule has 0 saturated carbocycles. The van der Waals surface area contributed by atoms with E-state index in [1.54, 1.807) is 0 Å². The zero-order valence-corrected chi connectivity index (χ0v) is 12.2. The highest BCUT2D eigenvalue weighted by molar-refractivity contribution is 5.92. The average molecular weight is 301 g/mol. The summed E-state index contributed by atoms with van der Waals surface area (Å²) in [6, 6.07) is 9.84. The maximum atomic E-state index is 12.1. The molecule has 1 aromatic carbocycles. The van der Waals surface area contributed by atoms with Crippen LogP contribution < -0.4 is 5.32 Å². The van der Waals surface area contributed by atoms with Crippen molar-refractivity contribution in [3.05, 3.63) is 54.1 Å². The molecule has 3 rings (SSSR count). The normalized spacial score (nSPS) is 21.5. The molecule has 2 aromatic rings. The van der Waals surface area contributed by atoms with Gasteiger partial charge in [0.2, 0.25) is 0 Å². The number of rotatable bonds is 5. The minimum Gasteiger partial charge on any atom is -0.379 e. The Hall–Kier alpha value is -2.18. The molecular weight excluding hydrogens is 282 g/mol. The first-order chi connectivity index (χ1) is 10.8. The Labute approximate surface area is 128 Å².